The van der Waals surface area contributed by atoms with Crippen molar-refractivity contribution in [3.8, 4) is 0 Å². The van der Waals surface area contributed by atoms with Crippen LogP contribution in [-0.4, -0.2) is 62.4 Å². The summed E-state index contributed by atoms with van der Waals surface area (Å²) in [5.74, 6) is -0.521. The molecule has 1 atom stereocenters. The summed E-state index contributed by atoms with van der Waals surface area (Å²) >= 11 is 0. The highest BCUT2D eigenvalue weighted by atomic mass is 31.2. The summed E-state index contributed by atoms with van der Waals surface area (Å²) in [4.78, 5) is 36.3. The molecule has 64 heavy (non-hydrogen) atoms. The van der Waals surface area contributed by atoms with Crippen molar-refractivity contribution in [3.63, 3.8) is 0 Å². The Bertz CT molecular complexity index is 1120. The van der Waals surface area contributed by atoms with Gasteiger partial charge in [-0.3, -0.25) is 14.2 Å². The van der Waals surface area contributed by atoms with Crippen LogP contribution in [0.3, 0.4) is 0 Å². The Morgan fingerprint density at radius 3 is 1.34 bits per heavy atom. The van der Waals surface area contributed by atoms with Crippen LogP contribution in [0.25, 0.3) is 0 Å². The van der Waals surface area contributed by atoms with Gasteiger partial charge in [-0.1, -0.05) is 154 Å². The number of carbonyl (C=O) groups excluding carboxylic acids is 3. The van der Waals surface area contributed by atoms with E-state index in [4.69, 9.17) is 18.5 Å². The van der Waals surface area contributed by atoms with Gasteiger partial charge in [0.25, 0.3) is 0 Å². The number of allylic oxidation sites excluding steroid dienone is 4. The lowest BCUT2D eigenvalue weighted by molar-refractivity contribution is -0.213. The highest BCUT2D eigenvalue weighted by molar-refractivity contribution is 7.53. The van der Waals surface area contributed by atoms with Gasteiger partial charge in [0, 0.05) is 32.2 Å². The number of rotatable bonds is 51. The number of nitrogens with one attached hydrogen (secondary N) is 1. The molecule has 0 fully saturated rings. The molecule has 1 unspecified atom stereocenters. The van der Waals surface area contributed by atoms with Crippen molar-refractivity contribution >= 4 is 25.1 Å². The van der Waals surface area contributed by atoms with Crippen molar-refractivity contribution < 1.29 is 37.5 Å². The Kier molecular flexibility index (Phi) is 45.3. The second-order valence-corrected chi connectivity index (χ2v) is 20.8. The maximum atomic E-state index is 13.8. The molecule has 1 amide bonds. The smallest absolute Gasteiger partial charge is 0.330 e. The number of ether oxygens (including phenoxy) is 2. The van der Waals surface area contributed by atoms with Crippen molar-refractivity contribution in [1.82, 2.24) is 5.32 Å². The molecule has 0 aromatic heterocycles. The van der Waals surface area contributed by atoms with E-state index in [1.807, 2.05) is 13.8 Å². The highest BCUT2D eigenvalue weighted by Crippen LogP contribution is 2.48. The molecular weight excluding hydrogens is 822 g/mol. The first kappa shape index (κ1) is 62.4. The summed E-state index contributed by atoms with van der Waals surface area (Å²) in [6.07, 6.45) is 47.7. The summed E-state index contributed by atoms with van der Waals surface area (Å²) in [5, 5.41) is 2.90. The van der Waals surface area contributed by atoms with Crippen LogP contribution in [-0.2, 0) is 37.5 Å². The van der Waals surface area contributed by atoms with Crippen molar-refractivity contribution in [2.45, 2.75) is 265 Å². The molecule has 0 heterocycles. The van der Waals surface area contributed by atoms with Gasteiger partial charge in [0.1, 0.15) is 11.6 Å². The second-order valence-electron chi connectivity index (χ2n) is 18.6. The molecule has 0 spiro atoms. The average Bonchev–Trinajstić information content (AvgIpc) is 3.26. The first-order valence-electron chi connectivity index (χ1n) is 26.8. The van der Waals surface area contributed by atoms with E-state index >= 15 is 0 Å². The predicted molar refractivity (Wildman–Crippen MR) is 270 cm³/mol. The molecule has 0 saturated carbocycles. The average molecular weight is 924 g/mol. The second kappa shape index (κ2) is 46.5. The van der Waals surface area contributed by atoms with E-state index in [1.54, 1.807) is 6.92 Å². The summed E-state index contributed by atoms with van der Waals surface area (Å²) < 4.78 is 37.2. The Labute approximate surface area is 395 Å². The zero-order chi connectivity index (χ0) is 47.1. The number of ketones is 2. The fourth-order valence-corrected chi connectivity index (χ4v) is 9.21. The van der Waals surface area contributed by atoms with Gasteiger partial charge in [-0.25, -0.2) is 0 Å². The summed E-state index contributed by atoms with van der Waals surface area (Å²) in [7, 11) is -3.50. The maximum Gasteiger partial charge on any atom is 0.330 e. The lowest BCUT2D eigenvalue weighted by Gasteiger charge is -2.26. The molecule has 0 aromatic rings. The van der Waals surface area contributed by atoms with E-state index in [9.17, 15) is 18.9 Å². The van der Waals surface area contributed by atoms with E-state index in [0.717, 1.165) is 51.4 Å². The quantitative estimate of drug-likeness (QED) is 0.0277. The van der Waals surface area contributed by atoms with Crippen LogP contribution in [0.2, 0.25) is 0 Å². The lowest BCUT2D eigenvalue weighted by Crippen LogP contribution is -2.29. The summed E-state index contributed by atoms with van der Waals surface area (Å²) in [6.45, 7) is 10.9. The third-order valence-electron chi connectivity index (χ3n) is 11.6. The molecule has 0 rings (SSSR count). The Morgan fingerprint density at radius 2 is 0.859 bits per heavy atom. The van der Waals surface area contributed by atoms with Crippen molar-refractivity contribution in [2.75, 3.05) is 39.1 Å². The maximum absolute atomic E-state index is 13.8. The standard InChI is InChI=1S/C54H102NO8P/c1-6-8-10-12-14-16-18-20-22-24-26-28-30-32-34-36-42-52(57)43-39-48-62-64(59,50-40-47-61-54(4,5)60-46-38-41-51(3)56)63-49-45-55-53(58)44-37-35-33-31-29-27-25-23-21-19-17-15-13-11-9-7-2/h22-25H,6-21,26-50H2,1-5H3,(H,55,58)/b24-22-,25-23-. The van der Waals surface area contributed by atoms with Gasteiger partial charge in [-0.05, 0) is 104 Å². The van der Waals surface area contributed by atoms with Gasteiger partial charge in [0.15, 0.2) is 5.79 Å². The number of unbranched alkanes of at least 4 members (excludes halogenated alkanes) is 24. The van der Waals surface area contributed by atoms with Gasteiger partial charge in [0.05, 0.1) is 32.6 Å². The molecule has 0 saturated heterocycles. The Hall–Kier alpha value is -1.64. The van der Waals surface area contributed by atoms with Gasteiger partial charge >= 0.3 is 7.60 Å². The van der Waals surface area contributed by atoms with E-state index in [-0.39, 0.29) is 50.0 Å². The van der Waals surface area contributed by atoms with Crippen LogP contribution in [0.5, 0.6) is 0 Å². The minimum absolute atomic E-state index is 0.0217. The monoisotopic (exact) mass is 924 g/mol. The number of Topliss-reactive ketones (excluding diaryl/α,β-unsaturated/α-hetero) is 2. The van der Waals surface area contributed by atoms with Crippen LogP contribution < -0.4 is 5.32 Å². The summed E-state index contributed by atoms with van der Waals surface area (Å²) in [5.41, 5.74) is 0. The molecule has 9 nitrogen and oxygen atoms in total. The normalized spacial score (nSPS) is 13.0. The van der Waals surface area contributed by atoms with Crippen LogP contribution >= 0.6 is 7.60 Å². The molecular formula is C54H102NO8P. The highest BCUT2D eigenvalue weighted by Gasteiger charge is 2.26. The van der Waals surface area contributed by atoms with Crippen molar-refractivity contribution in [3.05, 3.63) is 24.3 Å². The molecule has 376 valence electrons. The minimum atomic E-state index is -3.50. The molecule has 10 heteroatoms. The Morgan fingerprint density at radius 1 is 0.469 bits per heavy atom. The zero-order valence-corrected chi connectivity index (χ0v) is 43.4. The zero-order valence-electron chi connectivity index (χ0n) is 42.5. The van der Waals surface area contributed by atoms with Gasteiger partial charge < -0.3 is 28.6 Å². The molecule has 0 radical (unpaired) electrons. The largest absolute Gasteiger partial charge is 0.354 e. The van der Waals surface area contributed by atoms with Gasteiger partial charge in [0.2, 0.25) is 5.91 Å². The topological polar surface area (TPSA) is 117 Å². The van der Waals surface area contributed by atoms with Gasteiger partial charge in [-0.15, -0.1) is 0 Å². The van der Waals surface area contributed by atoms with E-state index in [2.05, 4.69) is 43.5 Å². The first-order valence-corrected chi connectivity index (χ1v) is 28.5. The van der Waals surface area contributed by atoms with Crippen LogP contribution in [0.15, 0.2) is 24.3 Å². The molecule has 0 aliphatic carbocycles. The fourth-order valence-electron chi connectivity index (χ4n) is 7.59. The third-order valence-corrected chi connectivity index (χ3v) is 13.6. The number of amides is 1. The number of hydrogen-bond acceptors (Lipinski definition) is 8. The van der Waals surface area contributed by atoms with Crippen molar-refractivity contribution in [1.29, 1.82) is 0 Å². The molecule has 0 aliphatic rings. The molecule has 0 bridgehead atoms. The fraction of sp³-hybridized carbons (Fsp3) is 0.870. The van der Waals surface area contributed by atoms with Crippen LogP contribution in [0, 0.1) is 0 Å². The third kappa shape index (κ3) is 46.9. The lowest BCUT2D eigenvalue weighted by atomic mass is 10.1. The SMILES string of the molecule is CCCCCCCCC/C=C\CCCCCCCC(=O)CCCOP(=O)(CCCOC(C)(C)OCCCC(C)=O)OCCNC(=O)CCCCCCC/C=C\CCCCCCCCC. The first-order chi connectivity index (χ1) is 31.0. The number of carbonyl (C=O) groups is 3. The Balaban J connectivity index is 4.38. The van der Waals surface area contributed by atoms with Gasteiger partial charge in [-0.2, -0.15) is 0 Å². The van der Waals surface area contributed by atoms with E-state index in [1.165, 1.54) is 128 Å². The van der Waals surface area contributed by atoms with E-state index in [0.29, 0.717) is 51.6 Å². The minimum Gasteiger partial charge on any atom is -0.354 e. The molecule has 1 N–H and O–H groups in total. The van der Waals surface area contributed by atoms with Crippen LogP contribution in [0.1, 0.15) is 259 Å². The molecule has 0 aliphatic heterocycles. The van der Waals surface area contributed by atoms with Crippen LogP contribution in [0.4, 0.5) is 0 Å². The summed E-state index contributed by atoms with van der Waals surface area (Å²) in [6, 6.07) is 0. The molecule has 0 aromatic carbocycles. The van der Waals surface area contributed by atoms with E-state index < -0.39 is 13.4 Å². The number of hydrogen-bond donors (Lipinski definition) is 1. The predicted octanol–water partition coefficient (Wildman–Crippen LogP) is 16.1. The van der Waals surface area contributed by atoms with Crippen molar-refractivity contribution in [2.24, 2.45) is 0 Å².